The number of amides is 2. The van der Waals surface area contributed by atoms with Gasteiger partial charge >= 0.3 is 0 Å². The Labute approximate surface area is 226 Å². The molecule has 0 radical (unpaired) electrons. The van der Waals surface area contributed by atoms with Gasteiger partial charge in [-0.25, -0.2) is 4.68 Å². The number of para-hydroxylation sites is 1. The number of carbonyl (C=O) groups is 2. The number of ether oxygens (including phenoxy) is 3. The maximum absolute atomic E-state index is 14.1. The highest BCUT2D eigenvalue weighted by Crippen LogP contribution is 2.32. The topological polar surface area (TPSA) is 108 Å². The molecule has 0 bridgehead atoms. The van der Waals surface area contributed by atoms with Gasteiger partial charge in [0, 0.05) is 24.9 Å². The minimum Gasteiger partial charge on any atom is -0.497 e. The summed E-state index contributed by atoms with van der Waals surface area (Å²) in [7, 11) is 3.12. The van der Waals surface area contributed by atoms with Gasteiger partial charge in [-0.3, -0.25) is 14.5 Å². The molecule has 1 saturated heterocycles. The summed E-state index contributed by atoms with van der Waals surface area (Å²) >= 11 is 0. The summed E-state index contributed by atoms with van der Waals surface area (Å²) in [6.45, 7) is 0.907. The Bertz CT molecular complexity index is 1450. The van der Waals surface area contributed by atoms with Gasteiger partial charge in [0.2, 0.25) is 11.8 Å². The molecule has 10 heteroatoms. The van der Waals surface area contributed by atoms with Gasteiger partial charge in [-0.2, -0.15) is 0 Å². The lowest BCUT2D eigenvalue weighted by Crippen LogP contribution is -2.46. The van der Waals surface area contributed by atoms with Crippen LogP contribution in [0.2, 0.25) is 0 Å². The largest absolute Gasteiger partial charge is 0.497 e. The van der Waals surface area contributed by atoms with Crippen molar-refractivity contribution in [3.05, 3.63) is 78.4 Å². The molecule has 202 valence electrons. The molecular weight excluding hydrogens is 498 g/mol. The Balaban J connectivity index is 1.56. The van der Waals surface area contributed by atoms with E-state index in [1.165, 1.54) is 9.58 Å². The number of rotatable bonds is 10. The van der Waals surface area contributed by atoms with Gasteiger partial charge in [0.15, 0.2) is 0 Å². The van der Waals surface area contributed by atoms with Gasteiger partial charge < -0.3 is 19.5 Å². The van der Waals surface area contributed by atoms with Crippen molar-refractivity contribution in [3.8, 4) is 11.5 Å². The number of hydrogen-bond acceptors (Lipinski definition) is 7. The van der Waals surface area contributed by atoms with Gasteiger partial charge in [-0.05, 0) is 54.8 Å². The van der Waals surface area contributed by atoms with Crippen molar-refractivity contribution in [2.24, 2.45) is 0 Å². The van der Waals surface area contributed by atoms with Gasteiger partial charge in [0.1, 0.15) is 29.6 Å². The van der Waals surface area contributed by atoms with E-state index in [0.717, 1.165) is 18.4 Å². The number of aromatic nitrogens is 3. The average molecular weight is 530 g/mol. The van der Waals surface area contributed by atoms with Crippen molar-refractivity contribution in [1.82, 2.24) is 20.3 Å². The van der Waals surface area contributed by atoms with Crippen LogP contribution in [0.1, 0.15) is 24.4 Å². The first kappa shape index (κ1) is 26.2. The van der Waals surface area contributed by atoms with E-state index in [0.29, 0.717) is 41.4 Å². The summed E-state index contributed by atoms with van der Waals surface area (Å²) in [4.78, 5) is 29.6. The number of nitrogens with one attached hydrogen (secondary N) is 1. The molecular formula is C29H31N5O5. The third kappa shape index (κ3) is 5.85. The Morgan fingerprint density at radius 1 is 1.05 bits per heavy atom. The van der Waals surface area contributed by atoms with Gasteiger partial charge in [0.05, 0.1) is 25.8 Å². The Hall–Kier alpha value is -4.44. The van der Waals surface area contributed by atoms with Crippen LogP contribution in [0.25, 0.3) is 11.0 Å². The molecule has 2 amide bonds. The fourth-order valence-corrected chi connectivity index (χ4v) is 4.78. The number of methoxy groups -OCH3 is 2. The molecule has 1 aliphatic rings. The standard InChI is InChI=1S/C29H31N5O5/c1-37-22-10-5-8-20(16-22)28(29(36)30-18-24-12-7-15-39-24)34(21-9-6-11-23(17-21)38-2)27(35)19-33-26-14-4-3-13-25(26)31-32-33/h3-6,8-11,13-14,16-17,24,28H,7,12,15,18-19H2,1-2H3,(H,30,36)/t24-,28+/m0/s1. The van der Waals surface area contributed by atoms with Crippen molar-refractivity contribution >= 4 is 28.5 Å². The molecule has 3 aromatic carbocycles. The molecule has 0 unspecified atom stereocenters. The molecule has 0 aliphatic carbocycles. The molecule has 1 fully saturated rings. The molecule has 4 aromatic rings. The van der Waals surface area contributed by atoms with Gasteiger partial charge in [-0.15, -0.1) is 5.10 Å². The van der Waals surface area contributed by atoms with Crippen molar-refractivity contribution < 1.29 is 23.8 Å². The molecule has 1 aliphatic heterocycles. The summed E-state index contributed by atoms with van der Waals surface area (Å²) in [5, 5.41) is 11.4. The van der Waals surface area contributed by atoms with Crippen LogP contribution in [-0.2, 0) is 20.9 Å². The van der Waals surface area contributed by atoms with E-state index >= 15 is 0 Å². The Kier molecular flexibility index (Phi) is 8.02. The first-order valence-electron chi connectivity index (χ1n) is 12.8. The lowest BCUT2D eigenvalue weighted by atomic mass is 10.0. The number of benzene rings is 3. The van der Waals surface area contributed by atoms with E-state index < -0.39 is 6.04 Å². The fraction of sp³-hybridized carbons (Fsp3) is 0.310. The summed E-state index contributed by atoms with van der Waals surface area (Å²) in [5.41, 5.74) is 2.50. The van der Waals surface area contributed by atoms with E-state index in [2.05, 4.69) is 15.6 Å². The molecule has 1 N–H and O–H groups in total. The van der Waals surface area contributed by atoms with Crippen LogP contribution in [-0.4, -0.2) is 60.3 Å². The van der Waals surface area contributed by atoms with E-state index in [1.54, 1.807) is 56.7 Å². The van der Waals surface area contributed by atoms with Crippen molar-refractivity contribution in [2.75, 3.05) is 32.3 Å². The van der Waals surface area contributed by atoms with Crippen LogP contribution in [0.3, 0.4) is 0 Å². The predicted molar refractivity (Wildman–Crippen MR) is 146 cm³/mol. The maximum atomic E-state index is 14.1. The highest BCUT2D eigenvalue weighted by molar-refractivity contribution is 6.01. The quantitative estimate of drug-likeness (QED) is 0.335. The lowest BCUT2D eigenvalue weighted by molar-refractivity contribution is -0.127. The molecule has 2 atom stereocenters. The Morgan fingerprint density at radius 2 is 1.82 bits per heavy atom. The number of anilines is 1. The zero-order chi connectivity index (χ0) is 27.2. The third-order valence-electron chi connectivity index (χ3n) is 6.75. The monoisotopic (exact) mass is 529 g/mol. The Morgan fingerprint density at radius 3 is 2.59 bits per heavy atom. The van der Waals surface area contributed by atoms with E-state index in [9.17, 15) is 9.59 Å². The van der Waals surface area contributed by atoms with Crippen LogP contribution in [0.4, 0.5) is 5.69 Å². The molecule has 1 aromatic heterocycles. The number of nitrogens with zero attached hydrogens (tertiary/aromatic N) is 4. The van der Waals surface area contributed by atoms with Gasteiger partial charge in [0.25, 0.3) is 0 Å². The lowest BCUT2D eigenvalue weighted by Gasteiger charge is -2.32. The SMILES string of the molecule is COc1cccc([C@H](C(=O)NC[C@@H]2CCCO2)N(C(=O)Cn2nnc3ccccc32)c2cccc(OC)c2)c1. The predicted octanol–water partition coefficient (Wildman–Crippen LogP) is 3.52. The smallest absolute Gasteiger partial charge is 0.249 e. The van der Waals surface area contributed by atoms with Crippen LogP contribution in [0.15, 0.2) is 72.8 Å². The van der Waals surface area contributed by atoms with Gasteiger partial charge in [-0.1, -0.05) is 35.5 Å². The molecule has 10 nitrogen and oxygen atoms in total. The van der Waals surface area contributed by atoms with Crippen molar-refractivity contribution in [3.63, 3.8) is 0 Å². The number of carbonyl (C=O) groups excluding carboxylic acids is 2. The maximum Gasteiger partial charge on any atom is 0.249 e. The highest BCUT2D eigenvalue weighted by atomic mass is 16.5. The summed E-state index contributed by atoms with van der Waals surface area (Å²) in [6.07, 6.45) is 1.78. The number of hydrogen-bond donors (Lipinski definition) is 1. The van der Waals surface area contributed by atoms with E-state index in [4.69, 9.17) is 14.2 Å². The fourth-order valence-electron chi connectivity index (χ4n) is 4.78. The second-order valence-corrected chi connectivity index (χ2v) is 9.26. The zero-order valence-corrected chi connectivity index (χ0v) is 21.9. The van der Waals surface area contributed by atoms with Crippen molar-refractivity contribution in [1.29, 1.82) is 0 Å². The molecule has 5 rings (SSSR count). The van der Waals surface area contributed by atoms with Crippen LogP contribution in [0, 0.1) is 0 Å². The molecule has 0 saturated carbocycles. The normalized spacial score (nSPS) is 15.6. The first-order valence-corrected chi connectivity index (χ1v) is 12.8. The molecule has 2 heterocycles. The minimum absolute atomic E-state index is 0.0533. The second-order valence-electron chi connectivity index (χ2n) is 9.26. The molecule has 0 spiro atoms. The van der Waals surface area contributed by atoms with Crippen LogP contribution in [0.5, 0.6) is 11.5 Å². The van der Waals surface area contributed by atoms with Crippen molar-refractivity contribution in [2.45, 2.75) is 31.5 Å². The summed E-state index contributed by atoms with van der Waals surface area (Å²) in [5.74, 6) is 0.447. The van der Waals surface area contributed by atoms with Crippen LogP contribution < -0.4 is 19.7 Å². The highest BCUT2D eigenvalue weighted by Gasteiger charge is 2.34. The van der Waals surface area contributed by atoms with E-state index in [-0.39, 0.29) is 24.5 Å². The molecule has 39 heavy (non-hydrogen) atoms. The summed E-state index contributed by atoms with van der Waals surface area (Å²) < 4.78 is 18.1. The zero-order valence-electron chi connectivity index (χ0n) is 21.9. The average Bonchev–Trinajstić information content (AvgIpc) is 3.65. The first-order chi connectivity index (χ1) is 19.1. The summed E-state index contributed by atoms with van der Waals surface area (Å²) in [6, 6.07) is 20.7. The van der Waals surface area contributed by atoms with Crippen LogP contribution >= 0.6 is 0 Å². The van der Waals surface area contributed by atoms with E-state index in [1.807, 2.05) is 30.3 Å². The minimum atomic E-state index is -1.00. The third-order valence-corrected chi connectivity index (χ3v) is 6.75. The second kappa shape index (κ2) is 12.0. The number of fused-ring (bicyclic) bond motifs is 1.